The Kier molecular flexibility index (Phi) is 29.6. The highest BCUT2D eigenvalue weighted by molar-refractivity contribution is 8.16. The molecule has 4 N–H and O–H groups in total. The van der Waals surface area contributed by atoms with Gasteiger partial charge in [-0.25, -0.2) is 60.7 Å². The smallest absolute Gasteiger partial charge is 0.479 e. The summed E-state index contributed by atoms with van der Waals surface area (Å²) in [5, 5.41) is 15.2. The van der Waals surface area contributed by atoms with E-state index in [-0.39, 0.29) is 20.1 Å². The fraction of sp³-hybridized carbons (Fsp3) is 0.474. The first kappa shape index (κ1) is 55.7. The fourth-order valence-electron chi connectivity index (χ4n) is 1.47. The van der Waals surface area contributed by atoms with E-state index >= 15 is 0 Å². The molecule has 0 aromatic carbocycles. The first-order valence-electron chi connectivity index (χ1n) is 11.1. The first-order chi connectivity index (χ1) is 22.4. The van der Waals surface area contributed by atoms with Crippen LogP contribution in [0.25, 0.3) is 0 Å². The molecule has 298 valence electrons. The van der Waals surface area contributed by atoms with Crippen LogP contribution in [0.2, 0.25) is 0 Å². The minimum atomic E-state index is -6.17. The van der Waals surface area contributed by atoms with Gasteiger partial charge in [0.25, 0.3) is 24.7 Å². The lowest BCUT2D eigenvalue weighted by molar-refractivity contribution is -0.368. The van der Waals surface area contributed by atoms with Crippen molar-refractivity contribution in [1.82, 2.24) is 0 Å². The third-order valence-corrected chi connectivity index (χ3v) is 3.06. The van der Waals surface area contributed by atoms with Crippen LogP contribution in [0.5, 0.6) is 0 Å². The molecule has 2 heterocycles. The van der Waals surface area contributed by atoms with Gasteiger partial charge in [-0.15, -0.1) is 8.78 Å². The monoisotopic (exact) mass is 843 g/mol. The Balaban J connectivity index is -0.000000125. The number of carboxylic acids is 2. The summed E-state index contributed by atoms with van der Waals surface area (Å²) >= 11 is 2.64. The van der Waals surface area contributed by atoms with Crippen molar-refractivity contribution in [2.45, 2.75) is 44.8 Å². The van der Waals surface area contributed by atoms with Crippen molar-refractivity contribution in [2.24, 2.45) is 0 Å². The molecular formula is C19H19Cl2F10O19S+. The highest BCUT2D eigenvalue weighted by Gasteiger charge is 2.51. The van der Waals surface area contributed by atoms with Gasteiger partial charge in [-0.1, -0.05) is 15.5 Å². The maximum atomic E-state index is 12.6. The SMILES string of the molecule is CCOC(=O)C(F)C(=O)OCC.FS(F)(F)F.O.O=C(Cl)Cl.O=C(O)C(F)C(=O)O.O=C1OC(=O)C(F)C(=O)O1.O=C1OC(F)(F)OC(=O)C1F.[H+]. The number of carboxylic acid groups (broad SMARTS) is 2. The predicted octanol–water partition coefficient (Wildman–Crippen LogP) is 2.66. The summed E-state index contributed by atoms with van der Waals surface area (Å²) < 4.78 is 132. The maximum absolute atomic E-state index is 12.6. The Morgan fingerprint density at radius 2 is 1.00 bits per heavy atom. The molecule has 2 aliphatic heterocycles. The average molecular weight is 844 g/mol. The van der Waals surface area contributed by atoms with Crippen LogP contribution in [0.1, 0.15) is 15.3 Å². The molecule has 2 fully saturated rings. The van der Waals surface area contributed by atoms with E-state index in [0.717, 1.165) is 0 Å². The van der Waals surface area contributed by atoms with Crippen molar-refractivity contribution in [2.75, 3.05) is 13.2 Å². The zero-order valence-electron chi connectivity index (χ0n) is 25.1. The molecule has 0 aromatic heterocycles. The van der Waals surface area contributed by atoms with Gasteiger partial charge in [-0.05, 0) is 37.0 Å². The summed E-state index contributed by atoms with van der Waals surface area (Å²) in [5.41, 5.74) is 0. The minimum Gasteiger partial charge on any atom is -0.479 e. The number of carbonyl (C=O) groups is 10. The van der Waals surface area contributed by atoms with E-state index < -0.39 is 101 Å². The second kappa shape index (κ2) is 27.1. The lowest BCUT2D eigenvalue weighted by Gasteiger charge is -2.21. The van der Waals surface area contributed by atoms with Gasteiger partial charge in [0, 0.05) is 0 Å². The summed E-state index contributed by atoms with van der Waals surface area (Å²) in [7, 11) is 0. The molecule has 0 aromatic rings. The third-order valence-electron chi connectivity index (χ3n) is 3.06. The second-order valence-electron chi connectivity index (χ2n) is 6.60. The van der Waals surface area contributed by atoms with Gasteiger partial charge >= 0.3 is 77.9 Å². The average Bonchev–Trinajstić information content (AvgIpc) is 2.93. The number of rotatable bonds is 6. The Hall–Kier alpha value is -4.71. The lowest BCUT2D eigenvalue weighted by atomic mass is 10.4. The van der Waals surface area contributed by atoms with Gasteiger partial charge in [-0.3, -0.25) is 4.79 Å². The molecule has 0 bridgehead atoms. The van der Waals surface area contributed by atoms with Gasteiger partial charge in [0.15, 0.2) is 0 Å². The van der Waals surface area contributed by atoms with Crippen LogP contribution in [0.4, 0.5) is 51.5 Å². The Morgan fingerprint density at radius 1 is 0.745 bits per heavy atom. The van der Waals surface area contributed by atoms with Crippen LogP contribution in [0.15, 0.2) is 0 Å². The van der Waals surface area contributed by atoms with E-state index in [1.807, 2.05) is 0 Å². The Morgan fingerprint density at radius 3 is 1.22 bits per heavy atom. The maximum Gasteiger partial charge on any atom is 1.00 e. The molecule has 0 unspecified atom stereocenters. The van der Waals surface area contributed by atoms with Crippen molar-refractivity contribution < 1.29 is 135 Å². The molecule has 2 rings (SSSR count). The van der Waals surface area contributed by atoms with Gasteiger partial charge in [0.05, 0.1) is 13.2 Å². The topological polar surface area (TPSA) is 298 Å². The molecule has 2 aliphatic rings. The van der Waals surface area contributed by atoms with Crippen LogP contribution in [-0.2, 0) is 66.8 Å². The summed E-state index contributed by atoms with van der Waals surface area (Å²) in [4.78, 5) is 99.1. The second-order valence-corrected chi connectivity index (χ2v) is 8.18. The molecule has 0 atom stereocenters. The summed E-state index contributed by atoms with van der Waals surface area (Å²) in [6.45, 7) is 3.13. The largest absolute Gasteiger partial charge is 1.00 e. The number of esters is 6. The van der Waals surface area contributed by atoms with Crippen LogP contribution >= 0.6 is 34.8 Å². The number of carbonyl (C=O) groups excluding carboxylic acids is 8. The number of alkyl halides is 6. The van der Waals surface area contributed by atoms with E-state index in [0.29, 0.717) is 0 Å². The minimum absolute atomic E-state index is 0. The van der Waals surface area contributed by atoms with E-state index in [2.05, 4.69) is 51.6 Å². The fourth-order valence-corrected chi connectivity index (χ4v) is 1.47. The number of ether oxygens (including phenoxy) is 6. The molecule has 0 saturated carbocycles. The van der Waals surface area contributed by atoms with Crippen LogP contribution in [0, 0.1) is 0 Å². The Bertz CT molecular complexity index is 1160. The molecule has 19 nitrogen and oxygen atoms in total. The number of halogens is 12. The van der Waals surface area contributed by atoms with Gasteiger partial charge in [0.1, 0.15) is 0 Å². The van der Waals surface area contributed by atoms with E-state index in [9.17, 15) is 85.0 Å². The van der Waals surface area contributed by atoms with Gasteiger partial charge in [-0.2, -0.15) is 0 Å². The van der Waals surface area contributed by atoms with E-state index in [4.69, 9.17) is 15.0 Å². The zero-order chi connectivity index (χ0) is 40.7. The molecule has 0 spiro atoms. The van der Waals surface area contributed by atoms with Gasteiger partial charge in [0.2, 0.25) is 0 Å². The summed E-state index contributed by atoms with van der Waals surface area (Å²) in [6, 6.07) is 0. The molecule has 51 heavy (non-hydrogen) atoms. The highest BCUT2D eigenvalue weighted by atomic mass is 35.5. The van der Waals surface area contributed by atoms with Crippen LogP contribution < -0.4 is 0 Å². The van der Waals surface area contributed by atoms with Crippen LogP contribution in [0.3, 0.4) is 0 Å². The Labute approximate surface area is 287 Å². The van der Waals surface area contributed by atoms with E-state index in [1.54, 1.807) is 0 Å². The van der Waals surface area contributed by atoms with Crippen molar-refractivity contribution in [1.29, 1.82) is 0 Å². The number of aliphatic carboxylic acids is 2. The van der Waals surface area contributed by atoms with Gasteiger partial charge < -0.3 is 44.1 Å². The normalized spacial score (nSPS) is 14.9. The molecule has 0 aliphatic carbocycles. The summed E-state index contributed by atoms with van der Waals surface area (Å²) in [5.74, 6) is -13.3. The third kappa shape index (κ3) is 32.3. The predicted molar refractivity (Wildman–Crippen MR) is 137 cm³/mol. The number of cyclic esters (lactones) is 6. The molecule has 0 amide bonds. The van der Waals surface area contributed by atoms with Crippen molar-refractivity contribution in [3.63, 3.8) is 0 Å². The van der Waals surface area contributed by atoms with Crippen LogP contribution in [-0.4, -0.2) is 118 Å². The first-order valence-corrected chi connectivity index (χ1v) is 13.1. The lowest BCUT2D eigenvalue weighted by Crippen LogP contribution is -2.45. The molecule has 32 heteroatoms. The molecule has 0 radical (unpaired) electrons. The highest BCUT2D eigenvalue weighted by Crippen LogP contribution is 2.54. The van der Waals surface area contributed by atoms with Crippen molar-refractivity contribution in [3.05, 3.63) is 0 Å². The number of hydrogen-bond donors (Lipinski definition) is 2. The number of hydrogen-bond acceptors (Lipinski definition) is 16. The molecular weight excluding hydrogens is 825 g/mol. The van der Waals surface area contributed by atoms with Crippen molar-refractivity contribution in [3.8, 4) is 0 Å². The van der Waals surface area contributed by atoms with Crippen molar-refractivity contribution >= 4 is 93.4 Å². The van der Waals surface area contributed by atoms with E-state index in [1.165, 1.54) is 13.8 Å². The summed E-state index contributed by atoms with van der Waals surface area (Å²) in [6.07, 6.45) is -16.2. The standard InChI is InChI=1S/C7H11FO4.C4HF3O4.C4HFO5.C3H3FO4.CCl2O.F4S.H2O/c1-3-11-6(9)5(8)7(10)12-4-2;5-1-2(8)10-4(6,7)11-3(1)9;5-1-2(6)9-4(8)10-3(1)7;4-1(2(5)6)3(7)8;2-1(3)4;1-5(2,3)4;/h5H,3-4H2,1-2H3;1H;1H;1H,(H,5,6)(H,7,8);;;1H2/p+1. The molecule has 2 saturated heterocycles. The quantitative estimate of drug-likeness (QED) is 0.128. The zero-order valence-corrected chi connectivity index (χ0v) is 26.4.